The summed E-state index contributed by atoms with van der Waals surface area (Å²) in [6.07, 6.45) is 0. The minimum atomic E-state index is -0.478. The zero-order valence-corrected chi connectivity index (χ0v) is 11.5. The van der Waals surface area contributed by atoms with E-state index in [9.17, 15) is 4.39 Å². The second kappa shape index (κ2) is 5.46. The van der Waals surface area contributed by atoms with Gasteiger partial charge in [-0.25, -0.2) is 4.39 Å². The molecule has 21 heavy (non-hydrogen) atoms. The summed E-state index contributed by atoms with van der Waals surface area (Å²) in [6.45, 7) is 1.69. The first-order valence-corrected chi connectivity index (χ1v) is 6.56. The number of benzene rings is 2. The van der Waals surface area contributed by atoms with E-state index in [-0.39, 0.29) is 5.82 Å². The van der Waals surface area contributed by atoms with E-state index >= 15 is 0 Å². The maximum atomic E-state index is 13.3. The molecule has 0 fully saturated rings. The van der Waals surface area contributed by atoms with Crippen molar-refractivity contribution >= 4 is 0 Å². The molecule has 5 heteroatoms. The van der Waals surface area contributed by atoms with Gasteiger partial charge in [-0.1, -0.05) is 35.5 Å². The van der Waals surface area contributed by atoms with Gasteiger partial charge in [-0.15, -0.1) is 0 Å². The Morgan fingerprint density at radius 1 is 1.14 bits per heavy atom. The van der Waals surface area contributed by atoms with Gasteiger partial charge in [0.05, 0.1) is 0 Å². The van der Waals surface area contributed by atoms with Crippen molar-refractivity contribution in [2.75, 3.05) is 0 Å². The van der Waals surface area contributed by atoms with Crippen molar-refractivity contribution in [2.24, 2.45) is 5.73 Å². The van der Waals surface area contributed by atoms with Crippen molar-refractivity contribution in [3.63, 3.8) is 0 Å². The first-order chi connectivity index (χ1) is 10.1. The molecule has 0 unspecified atom stereocenters. The molecule has 2 aromatic carbocycles. The number of aryl methyl sites for hydroxylation is 1. The Labute approximate surface area is 121 Å². The van der Waals surface area contributed by atoms with Crippen molar-refractivity contribution in [3.8, 4) is 11.4 Å². The van der Waals surface area contributed by atoms with Gasteiger partial charge in [-0.3, -0.25) is 0 Å². The van der Waals surface area contributed by atoms with Crippen LogP contribution in [0, 0.1) is 12.7 Å². The van der Waals surface area contributed by atoms with E-state index in [1.54, 1.807) is 19.1 Å². The smallest absolute Gasteiger partial charge is 0.248 e. The highest BCUT2D eigenvalue weighted by molar-refractivity contribution is 5.55. The highest BCUT2D eigenvalue weighted by Gasteiger charge is 2.17. The molecule has 0 aliphatic heterocycles. The number of nitrogens with two attached hydrogens (primary N) is 1. The molecule has 0 bridgehead atoms. The van der Waals surface area contributed by atoms with Crippen LogP contribution in [-0.4, -0.2) is 10.1 Å². The van der Waals surface area contributed by atoms with Crippen LogP contribution in [0.2, 0.25) is 0 Å². The third-order valence-corrected chi connectivity index (χ3v) is 3.28. The summed E-state index contributed by atoms with van der Waals surface area (Å²) in [5.74, 6) is 0.473. The number of nitrogens with zero attached hydrogens (tertiary/aromatic N) is 2. The van der Waals surface area contributed by atoms with Crippen LogP contribution >= 0.6 is 0 Å². The Morgan fingerprint density at radius 2 is 1.90 bits per heavy atom. The highest BCUT2D eigenvalue weighted by atomic mass is 19.1. The third kappa shape index (κ3) is 2.68. The maximum Gasteiger partial charge on any atom is 0.248 e. The van der Waals surface area contributed by atoms with E-state index < -0.39 is 6.04 Å². The van der Waals surface area contributed by atoms with Crippen molar-refractivity contribution in [3.05, 3.63) is 71.4 Å². The van der Waals surface area contributed by atoms with Crippen LogP contribution in [0.1, 0.15) is 23.1 Å². The molecule has 2 N–H and O–H groups in total. The first kappa shape index (κ1) is 13.5. The lowest BCUT2D eigenvalue weighted by Crippen LogP contribution is -2.11. The van der Waals surface area contributed by atoms with Crippen LogP contribution in [0.3, 0.4) is 0 Å². The minimum Gasteiger partial charge on any atom is -0.337 e. The molecular formula is C16H14FN3O. The molecule has 3 aromatic rings. The van der Waals surface area contributed by atoms with Crippen molar-refractivity contribution in [2.45, 2.75) is 13.0 Å². The Balaban J connectivity index is 1.91. The van der Waals surface area contributed by atoms with E-state index in [0.29, 0.717) is 22.8 Å². The summed E-state index contributed by atoms with van der Waals surface area (Å²) >= 11 is 0. The van der Waals surface area contributed by atoms with Crippen LogP contribution in [0.25, 0.3) is 11.4 Å². The van der Waals surface area contributed by atoms with Crippen LogP contribution in [0.4, 0.5) is 4.39 Å². The monoisotopic (exact) mass is 283 g/mol. The molecule has 1 heterocycles. The van der Waals surface area contributed by atoms with Crippen molar-refractivity contribution in [1.82, 2.24) is 10.1 Å². The van der Waals surface area contributed by atoms with Gasteiger partial charge < -0.3 is 10.3 Å². The van der Waals surface area contributed by atoms with Gasteiger partial charge in [0, 0.05) is 5.56 Å². The molecule has 0 amide bonds. The molecule has 4 nitrogen and oxygen atoms in total. The van der Waals surface area contributed by atoms with Gasteiger partial charge in [0.2, 0.25) is 11.7 Å². The zero-order chi connectivity index (χ0) is 14.8. The molecule has 3 rings (SSSR count). The van der Waals surface area contributed by atoms with Gasteiger partial charge >= 0.3 is 0 Å². The van der Waals surface area contributed by atoms with Crippen LogP contribution < -0.4 is 5.73 Å². The molecule has 106 valence electrons. The fourth-order valence-corrected chi connectivity index (χ4v) is 2.07. The number of hydrogen-bond acceptors (Lipinski definition) is 4. The predicted octanol–water partition coefficient (Wildman–Crippen LogP) is 3.23. The average Bonchev–Trinajstić information content (AvgIpc) is 3.00. The molecule has 0 spiro atoms. The number of halogens is 1. The normalized spacial score (nSPS) is 12.3. The lowest BCUT2D eigenvalue weighted by atomic mass is 10.1. The lowest BCUT2D eigenvalue weighted by molar-refractivity contribution is 0.367. The van der Waals surface area contributed by atoms with Gasteiger partial charge in [-0.05, 0) is 36.2 Å². The lowest BCUT2D eigenvalue weighted by Gasteiger charge is -2.05. The van der Waals surface area contributed by atoms with Gasteiger partial charge in [0.25, 0.3) is 0 Å². The van der Waals surface area contributed by atoms with Crippen molar-refractivity contribution < 1.29 is 8.91 Å². The quantitative estimate of drug-likeness (QED) is 0.801. The summed E-state index contributed by atoms with van der Waals surface area (Å²) in [4.78, 5) is 4.30. The first-order valence-electron chi connectivity index (χ1n) is 6.56. The topological polar surface area (TPSA) is 64.9 Å². The maximum absolute atomic E-state index is 13.3. The van der Waals surface area contributed by atoms with E-state index in [1.165, 1.54) is 6.07 Å². The number of hydrogen-bond donors (Lipinski definition) is 1. The Bertz CT molecular complexity index is 755. The summed E-state index contributed by atoms with van der Waals surface area (Å²) in [5, 5.41) is 3.92. The van der Waals surface area contributed by atoms with Crippen LogP contribution in [0.5, 0.6) is 0 Å². The number of rotatable bonds is 3. The second-order valence-corrected chi connectivity index (χ2v) is 4.81. The standard InChI is InChI=1S/C16H14FN3O/c1-10-9-12(7-8-13(10)17)15-19-16(21-20-15)14(18)11-5-3-2-4-6-11/h2-9,14H,18H2,1H3/t14-/m0/s1. The van der Waals surface area contributed by atoms with Gasteiger partial charge in [0.15, 0.2) is 0 Å². The van der Waals surface area contributed by atoms with Crippen LogP contribution in [-0.2, 0) is 0 Å². The molecule has 0 radical (unpaired) electrons. The SMILES string of the molecule is Cc1cc(-c2noc([C@@H](N)c3ccccc3)n2)ccc1F. The zero-order valence-electron chi connectivity index (χ0n) is 11.5. The highest BCUT2D eigenvalue weighted by Crippen LogP contribution is 2.23. The molecule has 1 aromatic heterocycles. The van der Waals surface area contributed by atoms with Crippen LogP contribution in [0.15, 0.2) is 53.1 Å². The second-order valence-electron chi connectivity index (χ2n) is 4.81. The van der Waals surface area contributed by atoms with Gasteiger partial charge in [-0.2, -0.15) is 4.98 Å². The fourth-order valence-electron chi connectivity index (χ4n) is 2.07. The summed E-state index contributed by atoms with van der Waals surface area (Å²) < 4.78 is 18.5. The van der Waals surface area contributed by atoms with E-state index in [0.717, 1.165) is 5.56 Å². The predicted molar refractivity (Wildman–Crippen MR) is 76.9 cm³/mol. The average molecular weight is 283 g/mol. The molecule has 1 atom stereocenters. The fraction of sp³-hybridized carbons (Fsp3) is 0.125. The molecule has 0 saturated heterocycles. The van der Waals surface area contributed by atoms with Gasteiger partial charge in [0.1, 0.15) is 11.9 Å². The molecule has 0 aliphatic rings. The summed E-state index contributed by atoms with van der Waals surface area (Å²) in [5.41, 5.74) is 8.23. The Kier molecular flexibility index (Phi) is 3.50. The minimum absolute atomic E-state index is 0.261. The van der Waals surface area contributed by atoms with E-state index in [1.807, 2.05) is 30.3 Å². The molecule has 0 aliphatic carbocycles. The van der Waals surface area contributed by atoms with E-state index in [2.05, 4.69) is 10.1 Å². The molecule has 0 saturated carbocycles. The summed E-state index contributed by atoms with van der Waals surface area (Å²) in [7, 11) is 0. The Morgan fingerprint density at radius 3 is 2.62 bits per heavy atom. The summed E-state index contributed by atoms with van der Waals surface area (Å²) in [6, 6.07) is 13.7. The van der Waals surface area contributed by atoms with Crippen molar-refractivity contribution in [1.29, 1.82) is 0 Å². The number of aromatic nitrogens is 2. The molecular weight excluding hydrogens is 269 g/mol. The Hall–Kier alpha value is -2.53. The van der Waals surface area contributed by atoms with E-state index in [4.69, 9.17) is 10.3 Å². The largest absolute Gasteiger partial charge is 0.337 e. The third-order valence-electron chi connectivity index (χ3n) is 3.28.